The van der Waals surface area contributed by atoms with E-state index in [9.17, 15) is 13.2 Å². The summed E-state index contributed by atoms with van der Waals surface area (Å²) in [6.45, 7) is 5.49. The van der Waals surface area contributed by atoms with Crippen LogP contribution in [0.2, 0.25) is 0 Å². The SMILES string of the molecule is Cc1cc(C)n(-c2cccc(NC(=O)CCc3ccc(S(=O)(=O)N4CCOCC4)cc3)c2)n1. The number of aromatic nitrogens is 2. The molecule has 9 heteroatoms. The molecule has 0 spiro atoms. The lowest BCUT2D eigenvalue weighted by molar-refractivity contribution is -0.116. The number of hydrogen-bond acceptors (Lipinski definition) is 5. The third kappa shape index (κ3) is 5.50. The monoisotopic (exact) mass is 468 g/mol. The number of amides is 1. The van der Waals surface area contributed by atoms with Gasteiger partial charge < -0.3 is 10.1 Å². The number of carbonyl (C=O) groups is 1. The molecule has 0 unspecified atom stereocenters. The van der Waals surface area contributed by atoms with Crippen molar-refractivity contribution in [1.82, 2.24) is 14.1 Å². The Balaban J connectivity index is 1.35. The minimum atomic E-state index is -3.51. The van der Waals surface area contributed by atoms with Gasteiger partial charge in [-0.1, -0.05) is 18.2 Å². The molecule has 1 aliphatic rings. The van der Waals surface area contributed by atoms with E-state index in [0.29, 0.717) is 44.8 Å². The predicted octanol–water partition coefficient (Wildman–Crippen LogP) is 3.08. The van der Waals surface area contributed by atoms with Crippen LogP contribution >= 0.6 is 0 Å². The predicted molar refractivity (Wildman–Crippen MR) is 126 cm³/mol. The summed E-state index contributed by atoms with van der Waals surface area (Å²) in [5.41, 5.74) is 4.45. The molecule has 1 N–H and O–H groups in total. The van der Waals surface area contributed by atoms with Gasteiger partial charge in [-0.15, -0.1) is 0 Å². The van der Waals surface area contributed by atoms with Crippen molar-refractivity contribution in [1.29, 1.82) is 0 Å². The molecule has 0 radical (unpaired) electrons. The molecular formula is C24H28N4O4S. The number of nitrogens with one attached hydrogen (secondary N) is 1. The number of morpholine rings is 1. The Morgan fingerprint density at radius 3 is 2.45 bits per heavy atom. The van der Waals surface area contributed by atoms with E-state index in [1.54, 1.807) is 24.3 Å². The van der Waals surface area contributed by atoms with Gasteiger partial charge in [0.15, 0.2) is 0 Å². The standard InChI is InChI=1S/C24H28N4O4S/c1-18-16-19(2)28(26-18)22-5-3-4-21(17-22)25-24(29)11-8-20-6-9-23(10-7-20)33(30,31)27-12-14-32-15-13-27/h3-7,9-10,16-17H,8,11-15H2,1-2H3,(H,25,29). The van der Waals surface area contributed by atoms with E-state index in [-0.39, 0.29) is 10.8 Å². The quantitative estimate of drug-likeness (QED) is 0.575. The molecule has 1 fully saturated rings. The molecular weight excluding hydrogens is 440 g/mol. The molecule has 174 valence electrons. The van der Waals surface area contributed by atoms with Gasteiger partial charge in [0, 0.05) is 30.9 Å². The lowest BCUT2D eigenvalue weighted by Crippen LogP contribution is -2.40. The fourth-order valence-corrected chi connectivity index (χ4v) is 5.26. The third-order valence-corrected chi connectivity index (χ3v) is 7.47. The van der Waals surface area contributed by atoms with Crippen LogP contribution in [0.15, 0.2) is 59.5 Å². The highest BCUT2D eigenvalue weighted by Gasteiger charge is 2.26. The highest BCUT2D eigenvalue weighted by Crippen LogP contribution is 2.19. The summed E-state index contributed by atoms with van der Waals surface area (Å²) >= 11 is 0. The first-order valence-corrected chi connectivity index (χ1v) is 12.4. The minimum absolute atomic E-state index is 0.106. The van der Waals surface area contributed by atoms with Gasteiger partial charge in [-0.2, -0.15) is 9.40 Å². The summed E-state index contributed by atoms with van der Waals surface area (Å²) in [4.78, 5) is 12.8. The number of nitrogens with zero attached hydrogens (tertiary/aromatic N) is 3. The van der Waals surface area contributed by atoms with Crippen molar-refractivity contribution in [3.05, 3.63) is 71.5 Å². The fraction of sp³-hybridized carbons (Fsp3) is 0.333. The molecule has 0 aliphatic carbocycles. The zero-order valence-electron chi connectivity index (χ0n) is 18.8. The van der Waals surface area contributed by atoms with E-state index in [0.717, 1.165) is 22.6 Å². The van der Waals surface area contributed by atoms with Crippen molar-refractivity contribution in [3.8, 4) is 5.69 Å². The number of aryl methyl sites for hydroxylation is 3. The number of rotatable bonds is 7. The van der Waals surface area contributed by atoms with Crippen LogP contribution in [0, 0.1) is 13.8 Å². The van der Waals surface area contributed by atoms with Crippen LogP contribution in [-0.4, -0.2) is 54.7 Å². The maximum Gasteiger partial charge on any atom is 0.243 e. The van der Waals surface area contributed by atoms with E-state index in [2.05, 4.69) is 10.4 Å². The van der Waals surface area contributed by atoms with Crippen molar-refractivity contribution in [2.75, 3.05) is 31.6 Å². The van der Waals surface area contributed by atoms with Crippen molar-refractivity contribution in [3.63, 3.8) is 0 Å². The second-order valence-corrected chi connectivity index (χ2v) is 10.0. The summed E-state index contributed by atoms with van der Waals surface area (Å²) in [7, 11) is -3.51. The first-order chi connectivity index (χ1) is 15.8. The van der Waals surface area contributed by atoms with E-state index in [1.807, 2.05) is 48.9 Å². The number of ether oxygens (including phenoxy) is 1. The van der Waals surface area contributed by atoms with Crippen molar-refractivity contribution < 1.29 is 17.9 Å². The van der Waals surface area contributed by atoms with E-state index in [4.69, 9.17) is 4.74 Å². The average molecular weight is 469 g/mol. The molecule has 0 bridgehead atoms. The topological polar surface area (TPSA) is 93.5 Å². The molecule has 0 saturated carbocycles. The highest BCUT2D eigenvalue weighted by atomic mass is 32.2. The van der Waals surface area contributed by atoms with E-state index < -0.39 is 10.0 Å². The van der Waals surface area contributed by atoms with Crippen LogP contribution in [0.1, 0.15) is 23.4 Å². The van der Waals surface area contributed by atoms with Crippen LogP contribution in [0.25, 0.3) is 5.69 Å². The van der Waals surface area contributed by atoms with Gasteiger partial charge in [-0.3, -0.25) is 4.79 Å². The van der Waals surface area contributed by atoms with Gasteiger partial charge in [0.25, 0.3) is 0 Å². The average Bonchev–Trinajstić information content (AvgIpc) is 3.16. The Kier molecular flexibility index (Phi) is 6.92. The molecule has 8 nitrogen and oxygen atoms in total. The van der Waals surface area contributed by atoms with Crippen molar-refractivity contribution >= 4 is 21.6 Å². The van der Waals surface area contributed by atoms with Gasteiger partial charge >= 0.3 is 0 Å². The largest absolute Gasteiger partial charge is 0.379 e. The molecule has 33 heavy (non-hydrogen) atoms. The molecule has 1 saturated heterocycles. The molecule has 2 aromatic carbocycles. The maximum absolute atomic E-state index is 12.7. The summed E-state index contributed by atoms with van der Waals surface area (Å²) in [5, 5.41) is 7.42. The van der Waals surface area contributed by atoms with Crippen LogP contribution in [0.3, 0.4) is 0 Å². The van der Waals surface area contributed by atoms with Gasteiger partial charge in [-0.05, 0) is 62.2 Å². The zero-order valence-corrected chi connectivity index (χ0v) is 19.6. The molecule has 3 aromatic rings. The van der Waals surface area contributed by atoms with Crippen molar-refractivity contribution in [2.24, 2.45) is 0 Å². The Morgan fingerprint density at radius 1 is 1.06 bits per heavy atom. The maximum atomic E-state index is 12.7. The van der Waals surface area contributed by atoms with Crippen molar-refractivity contribution in [2.45, 2.75) is 31.6 Å². The lowest BCUT2D eigenvalue weighted by atomic mass is 10.1. The number of carbonyl (C=O) groups excluding carboxylic acids is 1. The summed E-state index contributed by atoms with van der Waals surface area (Å²) in [5.74, 6) is -0.106. The molecule has 4 rings (SSSR count). The lowest BCUT2D eigenvalue weighted by Gasteiger charge is -2.26. The molecule has 0 atom stereocenters. The van der Waals surface area contributed by atoms with Crippen LogP contribution in [0.5, 0.6) is 0 Å². The summed E-state index contributed by atoms with van der Waals surface area (Å²) in [6, 6.07) is 16.3. The summed E-state index contributed by atoms with van der Waals surface area (Å²) in [6.07, 6.45) is 0.806. The normalized spacial score (nSPS) is 14.8. The Hall–Kier alpha value is -3.01. The molecule has 1 amide bonds. The van der Waals surface area contributed by atoms with Crippen LogP contribution in [0.4, 0.5) is 5.69 Å². The first-order valence-electron chi connectivity index (χ1n) is 10.9. The Labute approximate surface area is 194 Å². The molecule has 2 heterocycles. The second kappa shape index (κ2) is 9.86. The van der Waals surface area contributed by atoms with Gasteiger partial charge in [0.05, 0.1) is 29.5 Å². The number of anilines is 1. The van der Waals surface area contributed by atoms with Gasteiger partial charge in [0.2, 0.25) is 15.9 Å². The number of sulfonamides is 1. The van der Waals surface area contributed by atoms with E-state index in [1.165, 1.54) is 4.31 Å². The Bertz CT molecular complexity index is 1230. The zero-order chi connectivity index (χ0) is 23.4. The van der Waals surface area contributed by atoms with Gasteiger partial charge in [0.1, 0.15) is 0 Å². The molecule has 1 aliphatic heterocycles. The summed E-state index contributed by atoms with van der Waals surface area (Å²) < 4.78 is 34.0. The van der Waals surface area contributed by atoms with Crippen LogP contribution in [-0.2, 0) is 26.0 Å². The number of benzene rings is 2. The Morgan fingerprint density at radius 2 is 1.79 bits per heavy atom. The number of hydrogen-bond donors (Lipinski definition) is 1. The smallest absolute Gasteiger partial charge is 0.243 e. The molecule has 1 aromatic heterocycles. The minimum Gasteiger partial charge on any atom is -0.379 e. The highest BCUT2D eigenvalue weighted by molar-refractivity contribution is 7.89. The fourth-order valence-electron chi connectivity index (χ4n) is 3.85. The second-order valence-electron chi connectivity index (χ2n) is 8.10. The van der Waals surface area contributed by atoms with E-state index >= 15 is 0 Å². The first kappa shape index (κ1) is 23.2. The van der Waals surface area contributed by atoms with Gasteiger partial charge in [-0.25, -0.2) is 13.1 Å². The third-order valence-electron chi connectivity index (χ3n) is 5.56. The van der Waals surface area contributed by atoms with Crippen LogP contribution < -0.4 is 5.32 Å².